The Morgan fingerprint density at radius 2 is 1.62 bits per heavy atom. The van der Waals surface area contributed by atoms with Gasteiger partial charge in [0.15, 0.2) is 0 Å². The van der Waals surface area contributed by atoms with Gasteiger partial charge in [0.05, 0.1) is 0 Å². The molecule has 1 unspecified atom stereocenters. The predicted octanol–water partition coefficient (Wildman–Crippen LogP) is 3.48. The van der Waals surface area contributed by atoms with Crippen LogP contribution in [0.1, 0.15) is 56.3 Å². The fourth-order valence-corrected chi connectivity index (χ4v) is 1.91. The van der Waals surface area contributed by atoms with Crippen LogP contribution in [0.5, 0.6) is 5.75 Å². The van der Waals surface area contributed by atoms with Crippen LogP contribution < -0.4 is 5.73 Å². The van der Waals surface area contributed by atoms with Crippen LogP contribution in [0.2, 0.25) is 0 Å². The molecular formula is C14H23NO. The Bertz CT molecular complexity index is 369. The number of hydrogen-bond donors (Lipinski definition) is 2. The van der Waals surface area contributed by atoms with E-state index in [0.29, 0.717) is 17.6 Å². The number of phenols is 1. The number of aromatic hydroxyl groups is 1. The van der Waals surface area contributed by atoms with E-state index in [1.165, 1.54) is 0 Å². The third-order valence-electron chi connectivity index (χ3n) is 3.11. The molecule has 0 heterocycles. The Kier molecular flexibility index (Phi) is 3.98. The Morgan fingerprint density at radius 3 is 2.06 bits per heavy atom. The van der Waals surface area contributed by atoms with Crippen LogP contribution in [0, 0.1) is 12.8 Å². The molecule has 0 amide bonds. The van der Waals surface area contributed by atoms with Crippen LogP contribution in [0.3, 0.4) is 0 Å². The summed E-state index contributed by atoms with van der Waals surface area (Å²) in [6, 6.07) is 3.92. The third kappa shape index (κ3) is 2.56. The third-order valence-corrected chi connectivity index (χ3v) is 3.11. The van der Waals surface area contributed by atoms with Crippen LogP contribution in [-0.2, 0) is 0 Å². The van der Waals surface area contributed by atoms with E-state index in [1.807, 2.05) is 13.0 Å². The molecule has 0 fully saturated rings. The van der Waals surface area contributed by atoms with Crippen molar-refractivity contribution in [2.45, 2.75) is 46.6 Å². The summed E-state index contributed by atoms with van der Waals surface area (Å²) in [5, 5.41) is 9.87. The van der Waals surface area contributed by atoms with Crippen LogP contribution in [0.15, 0.2) is 12.1 Å². The summed E-state index contributed by atoms with van der Waals surface area (Å²) >= 11 is 0. The number of aryl methyl sites for hydroxylation is 1. The van der Waals surface area contributed by atoms with Crippen molar-refractivity contribution in [2.75, 3.05) is 0 Å². The molecule has 2 nitrogen and oxygen atoms in total. The van der Waals surface area contributed by atoms with Gasteiger partial charge in [0.2, 0.25) is 0 Å². The normalized spacial score (nSPS) is 13.5. The van der Waals surface area contributed by atoms with Gasteiger partial charge in [-0.2, -0.15) is 0 Å². The Labute approximate surface area is 98.5 Å². The molecule has 0 radical (unpaired) electrons. The number of nitrogens with two attached hydrogens (primary N) is 1. The Balaban J connectivity index is 3.24. The minimum atomic E-state index is 0.0399. The zero-order valence-electron chi connectivity index (χ0n) is 10.9. The molecule has 0 aliphatic rings. The van der Waals surface area contributed by atoms with Crippen molar-refractivity contribution in [1.82, 2.24) is 0 Å². The van der Waals surface area contributed by atoms with E-state index < -0.39 is 0 Å². The topological polar surface area (TPSA) is 46.2 Å². The van der Waals surface area contributed by atoms with Gasteiger partial charge < -0.3 is 10.8 Å². The highest BCUT2D eigenvalue weighted by Gasteiger charge is 2.16. The maximum Gasteiger partial charge on any atom is 0.119 e. The van der Waals surface area contributed by atoms with Crippen molar-refractivity contribution in [3.8, 4) is 5.75 Å². The van der Waals surface area contributed by atoms with Gasteiger partial charge in [-0.1, -0.05) is 33.8 Å². The molecule has 16 heavy (non-hydrogen) atoms. The number of phenolic OH excluding ortho intramolecular Hbond substituents is 1. The van der Waals surface area contributed by atoms with E-state index in [-0.39, 0.29) is 6.04 Å². The molecule has 0 bridgehead atoms. The van der Waals surface area contributed by atoms with Crippen molar-refractivity contribution >= 4 is 0 Å². The minimum Gasteiger partial charge on any atom is -0.508 e. The molecule has 0 saturated carbocycles. The number of rotatable bonds is 3. The summed E-state index contributed by atoms with van der Waals surface area (Å²) in [4.78, 5) is 0. The lowest BCUT2D eigenvalue weighted by Gasteiger charge is -2.21. The van der Waals surface area contributed by atoms with E-state index in [2.05, 4.69) is 33.8 Å². The first-order valence-corrected chi connectivity index (χ1v) is 5.93. The van der Waals surface area contributed by atoms with Gasteiger partial charge in [-0.3, -0.25) is 0 Å². The van der Waals surface area contributed by atoms with Gasteiger partial charge in [0.1, 0.15) is 5.75 Å². The fourth-order valence-electron chi connectivity index (χ4n) is 1.91. The molecule has 1 aromatic carbocycles. The summed E-state index contributed by atoms with van der Waals surface area (Å²) in [6.07, 6.45) is 0. The van der Waals surface area contributed by atoms with Crippen molar-refractivity contribution < 1.29 is 5.11 Å². The van der Waals surface area contributed by atoms with Crippen molar-refractivity contribution in [3.63, 3.8) is 0 Å². The number of hydrogen-bond acceptors (Lipinski definition) is 2. The van der Waals surface area contributed by atoms with E-state index in [1.54, 1.807) is 0 Å². The molecule has 1 rings (SSSR count). The predicted molar refractivity (Wildman–Crippen MR) is 68.7 cm³/mol. The monoisotopic (exact) mass is 221 g/mol. The zero-order valence-corrected chi connectivity index (χ0v) is 10.9. The Hall–Kier alpha value is -1.02. The van der Waals surface area contributed by atoms with Gasteiger partial charge in [0.25, 0.3) is 0 Å². The van der Waals surface area contributed by atoms with Crippen LogP contribution in [0.25, 0.3) is 0 Å². The van der Waals surface area contributed by atoms with Crippen molar-refractivity contribution in [1.29, 1.82) is 0 Å². The molecule has 2 heteroatoms. The van der Waals surface area contributed by atoms with Crippen LogP contribution >= 0.6 is 0 Å². The summed E-state index contributed by atoms with van der Waals surface area (Å²) in [7, 11) is 0. The van der Waals surface area contributed by atoms with E-state index in [4.69, 9.17) is 5.73 Å². The molecule has 0 saturated heterocycles. The first kappa shape index (κ1) is 13.0. The zero-order chi connectivity index (χ0) is 12.5. The van der Waals surface area contributed by atoms with Gasteiger partial charge in [0, 0.05) is 6.04 Å². The van der Waals surface area contributed by atoms with Crippen LogP contribution in [0.4, 0.5) is 0 Å². The van der Waals surface area contributed by atoms with Gasteiger partial charge in [-0.05, 0) is 41.5 Å². The molecule has 90 valence electrons. The quantitative estimate of drug-likeness (QED) is 0.820. The summed E-state index contributed by atoms with van der Waals surface area (Å²) < 4.78 is 0. The average molecular weight is 221 g/mol. The van der Waals surface area contributed by atoms with Crippen molar-refractivity contribution in [2.24, 2.45) is 11.7 Å². The summed E-state index contributed by atoms with van der Waals surface area (Å²) in [6.45, 7) is 10.4. The standard InChI is InChI=1S/C14H23NO/c1-8(2)11-7-12(14(15)9(3)4)10(5)6-13(11)16/h6-9,14,16H,15H2,1-5H3. The fraction of sp³-hybridized carbons (Fsp3) is 0.571. The van der Waals surface area contributed by atoms with E-state index >= 15 is 0 Å². The molecule has 0 aromatic heterocycles. The smallest absolute Gasteiger partial charge is 0.119 e. The first-order chi connectivity index (χ1) is 7.34. The molecule has 1 aromatic rings. The molecule has 3 N–H and O–H groups in total. The lowest BCUT2D eigenvalue weighted by molar-refractivity contribution is 0.461. The maximum absolute atomic E-state index is 9.87. The highest BCUT2D eigenvalue weighted by molar-refractivity contribution is 5.44. The van der Waals surface area contributed by atoms with E-state index in [0.717, 1.165) is 16.7 Å². The van der Waals surface area contributed by atoms with Gasteiger partial charge in [-0.15, -0.1) is 0 Å². The second kappa shape index (κ2) is 4.88. The number of benzene rings is 1. The highest BCUT2D eigenvalue weighted by atomic mass is 16.3. The average Bonchev–Trinajstić information content (AvgIpc) is 2.16. The summed E-state index contributed by atoms with van der Waals surface area (Å²) in [5.41, 5.74) is 9.38. The molecular weight excluding hydrogens is 198 g/mol. The first-order valence-electron chi connectivity index (χ1n) is 5.93. The molecule has 1 atom stereocenters. The maximum atomic E-state index is 9.87. The minimum absolute atomic E-state index is 0.0399. The van der Waals surface area contributed by atoms with Crippen LogP contribution in [-0.4, -0.2) is 5.11 Å². The second-order valence-corrected chi connectivity index (χ2v) is 5.19. The van der Waals surface area contributed by atoms with Crippen molar-refractivity contribution in [3.05, 3.63) is 28.8 Å². The molecule has 0 aliphatic carbocycles. The highest BCUT2D eigenvalue weighted by Crippen LogP contribution is 2.32. The lowest BCUT2D eigenvalue weighted by atomic mass is 9.89. The molecule has 0 aliphatic heterocycles. The van der Waals surface area contributed by atoms with E-state index in [9.17, 15) is 5.11 Å². The van der Waals surface area contributed by atoms with Gasteiger partial charge >= 0.3 is 0 Å². The molecule has 0 spiro atoms. The van der Waals surface area contributed by atoms with Gasteiger partial charge in [-0.25, -0.2) is 0 Å². The largest absolute Gasteiger partial charge is 0.508 e. The summed E-state index contributed by atoms with van der Waals surface area (Å²) in [5.74, 6) is 1.11. The SMILES string of the molecule is Cc1cc(O)c(C(C)C)cc1C(N)C(C)C. The lowest BCUT2D eigenvalue weighted by Crippen LogP contribution is -2.18. The Morgan fingerprint density at radius 1 is 1.06 bits per heavy atom. The second-order valence-electron chi connectivity index (χ2n) is 5.19.